The average Bonchev–Trinajstić information content (AvgIpc) is 3.19. The van der Waals surface area contributed by atoms with Crippen LogP contribution in [0.25, 0.3) is 0 Å². The lowest BCUT2D eigenvalue weighted by Gasteiger charge is -2.33. The Morgan fingerprint density at radius 3 is 1.74 bits per heavy atom. The van der Waals surface area contributed by atoms with Gasteiger partial charge in [0.05, 0.1) is 0 Å². The van der Waals surface area contributed by atoms with E-state index in [1.807, 2.05) is 74.5 Å². The summed E-state index contributed by atoms with van der Waals surface area (Å²) < 4.78 is 5.30. The lowest BCUT2D eigenvalue weighted by atomic mass is 9.98. The fourth-order valence-corrected chi connectivity index (χ4v) is 6.83. The summed E-state index contributed by atoms with van der Waals surface area (Å²) in [5.41, 5.74) is 2.33. The molecule has 3 aromatic rings. The van der Waals surface area contributed by atoms with Gasteiger partial charge >= 0.3 is 6.09 Å². The Bertz CT molecular complexity index is 1830. The van der Waals surface area contributed by atoms with E-state index >= 15 is 0 Å². The number of halogens is 1. The number of alkyl carbamates (subject to hydrolysis) is 1. The minimum Gasteiger partial charge on any atom is -0.445 e. The molecule has 6 amide bonds. The van der Waals surface area contributed by atoms with E-state index in [1.165, 1.54) is 11.9 Å². The second-order valence-corrected chi connectivity index (χ2v) is 15.9. The number of nitrogens with zero attached hydrogens (tertiary/aromatic N) is 1. The molecular weight excluding hydrogens is 760 g/mol. The van der Waals surface area contributed by atoms with E-state index in [2.05, 4.69) is 26.6 Å². The van der Waals surface area contributed by atoms with Crippen LogP contribution < -0.4 is 26.6 Å². The Morgan fingerprint density at radius 1 is 0.690 bits per heavy atom. The van der Waals surface area contributed by atoms with Crippen LogP contribution in [0.5, 0.6) is 0 Å². The van der Waals surface area contributed by atoms with Gasteiger partial charge in [0.25, 0.3) is 0 Å². The zero-order valence-electron chi connectivity index (χ0n) is 34.0. The van der Waals surface area contributed by atoms with Gasteiger partial charge in [-0.1, -0.05) is 112 Å². The predicted molar refractivity (Wildman–Crippen MR) is 222 cm³/mol. The molecule has 1 saturated heterocycles. The Morgan fingerprint density at radius 2 is 1.21 bits per heavy atom. The van der Waals surface area contributed by atoms with E-state index < -0.39 is 65.8 Å². The summed E-state index contributed by atoms with van der Waals surface area (Å²) in [6, 6.07) is 20.0. The molecule has 1 fully saturated rings. The van der Waals surface area contributed by atoms with Crippen molar-refractivity contribution >= 4 is 47.2 Å². The van der Waals surface area contributed by atoms with E-state index in [0.717, 1.165) is 16.7 Å². The molecule has 312 valence electrons. The van der Waals surface area contributed by atoms with Gasteiger partial charge in [-0.2, -0.15) is 0 Å². The summed E-state index contributed by atoms with van der Waals surface area (Å²) in [5, 5.41) is 14.8. The molecule has 58 heavy (non-hydrogen) atoms. The van der Waals surface area contributed by atoms with Crippen LogP contribution in [0.2, 0.25) is 5.02 Å². The summed E-state index contributed by atoms with van der Waals surface area (Å²) in [7, 11) is 1.51. The highest BCUT2D eigenvalue weighted by atomic mass is 35.5. The van der Waals surface area contributed by atoms with Gasteiger partial charge in [-0.3, -0.25) is 24.0 Å². The van der Waals surface area contributed by atoms with Crippen LogP contribution in [0, 0.1) is 11.8 Å². The molecule has 0 unspecified atom stereocenters. The van der Waals surface area contributed by atoms with Crippen molar-refractivity contribution in [1.29, 1.82) is 0 Å². The molecule has 4 rings (SSSR count). The molecule has 13 nitrogen and oxygen atoms in total. The van der Waals surface area contributed by atoms with Crippen molar-refractivity contribution in [1.82, 2.24) is 31.5 Å². The van der Waals surface area contributed by atoms with Crippen molar-refractivity contribution < 1.29 is 33.5 Å². The van der Waals surface area contributed by atoms with E-state index in [-0.39, 0.29) is 50.7 Å². The lowest BCUT2D eigenvalue weighted by Crippen LogP contribution is -2.59. The Balaban J connectivity index is 1.61. The molecule has 0 radical (unpaired) electrons. The number of amides is 6. The van der Waals surface area contributed by atoms with Crippen molar-refractivity contribution in [3.05, 3.63) is 107 Å². The van der Waals surface area contributed by atoms with Crippen LogP contribution in [-0.2, 0) is 48.2 Å². The number of carbonyl (C=O) groups excluding carboxylic acids is 6. The van der Waals surface area contributed by atoms with Crippen LogP contribution in [-0.4, -0.2) is 84.3 Å². The Hall–Kier alpha value is -5.43. The minimum absolute atomic E-state index is 0.00236. The van der Waals surface area contributed by atoms with Gasteiger partial charge in [0, 0.05) is 31.5 Å². The molecule has 0 aromatic heterocycles. The largest absolute Gasteiger partial charge is 0.445 e. The molecule has 14 heteroatoms. The van der Waals surface area contributed by atoms with Crippen LogP contribution in [0.3, 0.4) is 0 Å². The van der Waals surface area contributed by atoms with E-state index in [0.29, 0.717) is 17.9 Å². The number of nitrogens with one attached hydrogen (secondary N) is 5. The van der Waals surface area contributed by atoms with Gasteiger partial charge in [-0.05, 0) is 66.3 Å². The van der Waals surface area contributed by atoms with Crippen molar-refractivity contribution in [2.24, 2.45) is 11.8 Å². The maximum atomic E-state index is 14.4. The highest BCUT2D eigenvalue weighted by molar-refractivity contribution is 6.30. The van der Waals surface area contributed by atoms with Crippen LogP contribution in [0.4, 0.5) is 4.79 Å². The quantitative estimate of drug-likeness (QED) is 0.147. The smallest absolute Gasteiger partial charge is 0.407 e. The SMILES string of the molecule is CC(C)C[C@@H]1NC(=O)[C@H](Cc2ccccc2)NC(=O)[C@@H](Cc2ccccc2)NC(=O)[C@@H](CCCCNC(=O)OCc2ccc(Cl)cc2)N(C)C(=O)[C@H](C(C)C)NC1=O. The third kappa shape index (κ3) is 14.2. The maximum Gasteiger partial charge on any atom is 0.407 e. The summed E-state index contributed by atoms with van der Waals surface area (Å²) in [6.45, 7) is 7.75. The minimum atomic E-state index is -1.12. The molecule has 3 aromatic carbocycles. The first kappa shape index (κ1) is 45.3. The van der Waals surface area contributed by atoms with Gasteiger partial charge in [-0.25, -0.2) is 4.79 Å². The molecule has 0 bridgehead atoms. The average molecular weight is 817 g/mol. The lowest BCUT2D eigenvalue weighted by molar-refractivity contribution is -0.144. The molecule has 0 aliphatic carbocycles. The number of carbonyl (C=O) groups is 6. The molecular formula is C44H57ClN6O7. The normalized spacial score (nSPS) is 21.0. The topological polar surface area (TPSA) is 175 Å². The monoisotopic (exact) mass is 816 g/mol. The van der Waals surface area contributed by atoms with Gasteiger partial charge in [0.15, 0.2) is 0 Å². The third-order valence-electron chi connectivity index (χ3n) is 9.98. The number of ether oxygens (including phenoxy) is 1. The Kier molecular flexibility index (Phi) is 17.6. The number of hydrogen-bond donors (Lipinski definition) is 5. The molecule has 1 aliphatic heterocycles. The van der Waals surface area contributed by atoms with E-state index in [1.54, 1.807) is 38.1 Å². The first-order chi connectivity index (χ1) is 27.7. The van der Waals surface area contributed by atoms with Gasteiger partial charge in [-0.15, -0.1) is 0 Å². The van der Waals surface area contributed by atoms with E-state index in [4.69, 9.17) is 16.3 Å². The fraction of sp³-hybridized carbons (Fsp3) is 0.455. The Labute approximate surface area is 346 Å². The second kappa shape index (κ2) is 22.5. The van der Waals surface area contributed by atoms with Crippen molar-refractivity contribution in [2.45, 2.75) is 103 Å². The van der Waals surface area contributed by atoms with Gasteiger partial charge in [0.1, 0.15) is 36.8 Å². The van der Waals surface area contributed by atoms with Gasteiger partial charge in [0.2, 0.25) is 29.5 Å². The fourth-order valence-electron chi connectivity index (χ4n) is 6.71. The van der Waals surface area contributed by atoms with E-state index in [9.17, 15) is 28.8 Å². The standard InChI is InChI=1S/C44H57ClN6O7/c1-28(2)24-34-41(54)50-38(29(3)4)43(56)51(5)37(18-12-13-23-46-44(57)58-27-32-19-21-33(45)22-20-32)42(55)49-36(26-31-16-10-7-11-17-31)40(53)48-35(39(52)47-34)25-30-14-8-6-9-15-30/h6-11,14-17,19-22,28-29,34-38H,12-13,18,23-27H2,1-5H3,(H,46,57)(H,47,52)(H,48,53)(H,49,55)(H,50,54)/t34-,35-,36+,37+,38-/m0/s1. The summed E-state index contributed by atoms with van der Waals surface area (Å²) in [6.07, 6.45) is 0.952. The molecule has 0 saturated carbocycles. The van der Waals surface area contributed by atoms with Crippen LogP contribution in [0.15, 0.2) is 84.9 Å². The van der Waals surface area contributed by atoms with Crippen LogP contribution in [0.1, 0.15) is 70.1 Å². The third-order valence-corrected chi connectivity index (χ3v) is 10.2. The number of unbranched alkanes of at least 4 members (excludes halogenated alkanes) is 1. The number of rotatable bonds is 14. The summed E-state index contributed by atoms with van der Waals surface area (Å²) in [4.78, 5) is 84.6. The van der Waals surface area contributed by atoms with Crippen molar-refractivity contribution in [2.75, 3.05) is 13.6 Å². The molecule has 1 aliphatic rings. The second-order valence-electron chi connectivity index (χ2n) is 15.5. The number of benzene rings is 3. The zero-order valence-corrected chi connectivity index (χ0v) is 34.7. The molecule has 5 atom stereocenters. The van der Waals surface area contributed by atoms with Crippen molar-refractivity contribution in [3.8, 4) is 0 Å². The van der Waals surface area contributed by atoms with Gasteiger partial charge < -0.3 is 36.2 Å². The summed E-state index contributed by atoms with van der Waals surface area (Å²) >= 11 is 5.93. The molecule has 0 spiro atoms. The maximum absolute atomic E-state index is 14.4. The van der Waals surface area contributed by atoms with Crippen LogP contribution >= 0.6 is 11.6 Å². The van der Waals surface area contributed by atoms with Crippen molar-refractivity contribution in [3.63, 3.8) is 0 Å². The zero-order chi connectivity index (χ0) is 42.2. The first-order valence-electron chi connectivity index (χ1n) is 19.9. The molecule has 5 N–H and O–H groups in total. The highest BCUT2D eigenvalue weighted by Crippen LogP contribution is 2.17. The predicted octanol–water partition coefficient (Wildman–Crippen LogP) is 4.70. The number of hydrogen-bond acceptors (Lipinski definition) is 7. The first-order valence-corrected chi connectivity index (χ1v) is 20.3. The number of likely N-dealkylation sites (N-methyl/N-ethyl adjacent to an activating group) is 1. The highest BCUT2D eigenvalue weighted by Gasteiger charge is 2.38. The molecule has 1 heterocycles. The summed E-state index contributed by atoms with van der Waals surface area (Å²) in [5.74, 6) is -3.16.